The lowest BCUT2D eigenvalue weighted by Crippen LogP contribution is -2.53. The summed E-state index contributed by atoms with van der Waals surface area (Å²) in [6.07, 6.45) is 3.67. The molecule has 1 spiro atoms. The molecule has 0 aliphatic carbocycles. The van der Waals surface area contributed by atoms with Crippen molar-refractivity contribution >= 4 is 5.91 Å². The smallest absolute Gasteiger partial charge is 0.226 e. The van der Waals surface area contributed by atoms with Gasteiger partial charge in [0.25, 0.3) is 0 Å². The molecule has 144 valence electrons. The van der Waals surface area contributed by atoms with Crippen molar-refractivity contribution in [1.29, 1.82) is 0 Å². The van der Waals surface area contributed by atoms with Crippen LogP contribution in [0.3, 0.4) is 0 Å². The zero-order valence-electron chi connectivity index (χ0n) is 15.5. The molecule has 26 heavy (non-hydrogen) atoms. The van der Waals surface area contributed by atoms with Crippen LogP contribution in [-0.2, 0) is 16.0 Å². The van der Waals surface area contributed by atoms with E-state index in [4.69, 9.17) is 9.47 Å². The fourth-order valence-electron chi connectivity index (χ4n) is 4.11. The van der Waals surface area contributed by atoms with Crippen LogP contribution in [-0.4, -0.2) is 53.9 Å². The number of amides is 1. The van der Waals surface area contributed by atoms with Gasteiger partial charge in [0.2, 0.25) is 5.91 Å². The van der Waals surface area contributed by atoms with Gasteiger partial charge in [-0.1, -0.05) is 13.0 Å². The Morgan fingerprint density at radius 3 is 2.77 bits per heavy atom. The van der Waals surface area contributed by atoms with Gasteiger partial charge in [0, 0.05) is 19.5 Å². The second-order valence-electron chi connectivity index (χ2n) is 7.45. The summed E-state index contributed by atoms with van der Waals surface area (Å²) in [5, 5.41) is 10.2. The number of rotatable bonds is 4. The largest absolute Gasteiger partial charge is 0.494 e. The molecular weight excluding hydrogens is 337 g/mol. The monoisotopic (exact) mass is 365 g/mol. The predicted molar refractivity (Wildman–Crippen MR) is 95.6 cm³/mol. The van der Waals surface area contributed by atoms with Crippen LogP contribution in [0.25, 0.3) is 0 Å². The molecule has 2 fully saturated rings. The van der Waals surface area contributed by atoms with Crippen LogP contribution in [0.2, 0.25) is 0 Å². The maximum Gasteiger partial charge on any atom is 0.226 e. The summed E-state index contributed by atoms with van der Waals surface area (Å²) in [6, 6.07) is 4.62. The zero-order chi connectivity index (χ0) is 18.7. The van der Waals surface area contributed by atoms with Crippen molar-refractivity contribution in [3.63, 3.8) is 0 Å². The topological polar surface area (TPSA) is 59.0 Å². The fraction of sp³-hybridized carbons (Fsp3) is 0.650. The number of benzene rings is 1. The summed E-state index contributed by atoms with van der Waals surface area (Å²) in [4.78, 5) is 14.4. The Morgan fingerprint density at radius 1 is 1.42 bits per heavy atom. The Labute approximate surface area is 154 Å². The molecule has 6 heteroatoms. The first-order chi connectivity index (χ1) is 12.4. The van der Waals surface area contributed by atoms with Gasteiger partial charge >= 0.3 is 0 Å². The molecule has 2 aliphatic rings. The maximum absolute atomic E-state index is 13.8. The summed E-state index contributed by atoms with van der Waals surface area (Å²) in [7, 11) is 1.42. The molecule has 0 aromatic heterocycles. The Hall–Kier alpha value is -1.66. The highest BCUT2D eigenvalue weighted by molar-refractivity contribution is 5.79. The number of aliphatic hydroxyl groups is 1. The summed E-state index contributed by atoms with van der Waals surface area (Å²) in [6.45, 7) is 3.30. The first-order valence-corrected chi connectivity index (χ1v) is 9.41. The molecule has 3 rings (SSSR count). The average Bonchev–Trinajstić information content (AvgIpc) is 2.61. The molecule has 2 saturated heterocycles. The Kier molecular flexibility index (Phi) is 5.82. The van der Waals surface area contributed by atoms with E-state index in [1.54, 1.807) is 12.1 Å². The Balaban J connectivity index is 1.57. The van der Waals surface area contributed by atoms with Crippen molar-refractivity contribution in [2.75, 3.05) is 20.2 Å². The summed E-state index contributed by atoms with van der Waals surface area (Å²) >= 11 is 0. The third-order valence-electron chi connectivity index (χ3n) is 5.61. The van der Waals surface area contributed by atoms with E-state index in [9.17, 15) is 14.3 Å². The Bertz CT molecular complexity index is 643. The van der Waals surface area contributed by atoms with Gasteiger partial charge in [-0.05, 0) is 43.4 Å². The molecule has 1 N–H and O–H groups in total. The van der Waals surface area contributed by atoms with Crippen LogP contribution in [0.4, 0.5) is 4.39 Å². The first kappa shape index (κ1) is 19.1. The zero-order valence-corrected chi connectivity index (χ0v) is 15.5. The van der Waals surface area contributed by atoms with Gasteiger partial charge in [-0.2, -0.15) is 0 Å². The van der Waals surface area contributed by atoms with E-state index in [-0.39, 0.29) is 35.9 Å². The first-order valence-electron chi connectivity index (χ1n) is 9.41. The summed E-state index contributed by atoms with van der Waals surface area (Å²) < 4.78 is 25.0. The normalized spacial score (nSPS) is 25.3. The molecule has 0 saturated carbocycles. The van der Waals surface area contributed by atoms with Crippen LogP contribution >= 0.6 is 0 Å². The fourth-order valence-corrected chi connectivity index (χ4v) is 4.11. The number of carbonyl (C=O) groups is 1. The number of likely N-dealkylation sites (tertiary alicyclic amines) is 1. The van der Waals surface area contributed by atoms with E-state index < -0.39 is 5.82 Å². The van der Waals surface area contributed by atoms with Crippen LogP contribution in [0, 0.1) is 5.82 Å². The molecule has 0 bridgehead atoms. The van der Waals surface area contributed by atoms with Crippen LogP contribution in [0.1, 0.15) is 44.6 Å². The van der Waals surface area contributed by atoms with Gasteiger partial charge in [0.15, 0.2) is 11.6 Å². The van der Waals surface area contributed by atoms with E-state index in [1.807, 2.05) is 4.90 Å². The third-order valence-corrected chi connectivity index (χ3v) is 5.61. The molecule has 5 nitrogen and oxygen atoms in total. The van der Waals surface area contributed by atoms with Gasteiger partial charge < -0.3 is 19.5 Å². The van der Waals surface area contributed by atoms with Crippen molar-refractivity contribution in [2.24, 2.45) is 0 Å². The third kappa shape index (κ3) is 4.18. The number of ether oxygens (including phenoxy) is 2. The second kappa shape index (κ2) is 7.92. The van der Waals surface area contributed by atoms with Gasteiger partial charge in [-0.25, -0.2) is 4.39 Å². The van der Waals surface area contributed by atoms with Crippen LogP contribution < -0.4 is 4.74 Å². The van der Waals surface area contributed by atoms with Gasteiger partial charge in [0.1, 0.15) is 0 Å². The quantitative estimate of drug-likeness (QED) is 0.891. The molecule has 1 aromatic rings. The number of hydrogen-bond acceptors (Lipinski definition) is 4. The molecule has 1 amide bonds. The molecule has 2 atom stereocenters. The van der Waals surface area contributed by atoms with Crippen LogP contribution in [0.15, 0.2) is 18.2 Å². The van der Waals surface area contributed by atoms with Crippen LogP contribution in [0.5, 0.6) is 5.75 Å². The predicted octanol–water partition coefficient (Wildman–Crippen LogP) is 2.69. The molecule has 0 radical (unpaired) electrons. The van der Waals surface area contributed by atoms with E-state index in [2.05, 4.69) is 6.92 Å². The lowest BCUT2D eigenvalue weighted by atomic mass is 9.81. The number of carbonyl (C=O) groups excluding carboxylic acids is 1. The number of nitrogens with zero attached hydrogens (tertiary/aromatic N) is 1. The minimum atomic E-state index is -0.453. The SMILES string of the molecule is CC[C@H]1C[C@@H](O)CC2(CCN(C(=O)Cc3ccc(OC)c(F)c3)CC2)O1. The number of hydrogen-bond donors (Lipinski definition) is 1. The minimum Gasteiger partial charge on any atom is -0.494 e. The van der Waals surface area contributed by atoms with Crippen molar-refractivity contribution in [3.05, 3.63) is 29.6 Å². The lowest BCUT2D eigenvalue weighted by molar-refractivity contribution is -0.183. The Morgan fingerprint density at radius 2 is 2.15 bits per heavy atom. The molecule has 1 aromatic carbocycles. The summed E-state index contributed by atoms with van der Waals surface area (Å²) in [5.41, 5.74) is 0.338. The second-order valence-corrected chi connectivity index (χ2v) is 7.45. The van der Waals surface area contributed by atoms with E-state index in [1.165, 1.54) is 13.2 Å². The minimum absolute atomic E-state index is 0.00665. The van der Waals surface area contributed by atoms with E-state index >= 15 is 0 Å². The maximum atomic E-state index is 13.8. The summed E-state index contributed by atoms with van der Waals surface area (Å²) in [5.74, 6) is -0.280. The highest BCUT2D eigenvalue weighted by Gasteiger charge is 2.43. The standard InChI is InChI=1S/C20H28FNO4/c1-3-16-12-15(23)13-20(26-16)6-8-22(9-7-20)19(24)11-14-4-5-18(25-2)17(21)10-14/h4-5,10,15-16,23H,3,6-9,11-13H2,1-2H3/t15-,16+/m1/s1. The van der Waals surface area contributed by atoms with Crippen molar-refractivity contribution in [3.8, 4) is 5.75 Å². The number of aliphatic hydroxyl groups excluding tert-OH is 1. The number of methoxy groups -OCH3 is 1. The molecule has 2 heterocycles. The lowest BCUT2D eigenvalue weighted by Gasteiger charge is -2.47. The van der Waals surface area contributed by atoms with Crippen molar-refractivity contribution in [1.82, 2.24) is 4.90 Å². The van der Waals surface area contributed by atoms with E-state index in [0.29, 0.717) is 31.5 Å². The molecule has 0 unspecified atom stereocenters. The van der Waals surface area contributed by atoms with Crippen molar-refractivity contribution < 1.29 is 23.8 Å². The van der Waals surface area contributed by atoms with Crippen molar-refractivity contribution in [2.45, 2.75) is 63.3 Å². The van der Waals surface area contributed by atoms with Gasteiger partial charge in [0.05, 0.1) is 31.3 Å². The van der Waals surface area contributed by atoms with Gasteiger partial charge in [-0.15, -0.1) is 0 Å². The highest BCUT2D eigenvalue weighted by Crippen LogP contribution is 2.38. The highest BCUT2D eigenvalue weighted by atomic mass is 19.1. The average molecular weight is 365 g/mol. The van der Waals surface area contributed by atoms with Gasteiger partial charge in [-0.3, -0.25) is 4.79 Å². The number of piperidine rings is 1. The van der Waals surface area contributed by atoms with E-state index in [0.717, 1.165) is 19.3 Å². The molecular formula is C20H28FNO4. The molecule has 2 aliphatic heterocycles. The number of halogens is 1.